The van der Waals surface area contributed by atoms with Crippen molar-refractivity contribution in [1.82, 2.24) is 4.90 Å². The molecule has 2 fully saturated rings. The van der Waals surface area contributed by atoms with Gasteiger partial charge in [0.25, 0.3) is 11.8 Å². The van der Waals surface area contributed by atoms with Crippen LogP contribution in [0.4, 0.5) is 5.69 Å². The lowest BCUT2D eigenvalue weighted by atomic mass is 9.65. The summed E-state index contributed by atoms with van der Waals surface area (Å²) in [7, 11) is 0. The van der Waals surface area contributed by atoms with E-state index < -0.39 is 0 Å². The molecule has 2 aromatic carbocycles. The predicted octanol–water partition coefficient (Wildman–Crippen LogP) is 6.29. The molecule has 2 unspecified atom stereocenters. The average molecular weight is 445 g/mol. The van der Waals surface area contributed by atoms with E-state index >= 15 is 0 Å². The predicted molar refractivity (Wildman–Crippen MR) is 121 cm³/mol. The van der Waals surface area contributed by atoms with E-state index in [1.807, 2.05) is 0 Å². The Labute approximate surface area is 187 Å². The molecule has 1 aliphatic carbocycles. The molecule has 2 aliphatic rings. The van der Waals surface area contributed by atoms with Crippen LogP contribution in [0.3, 0.4) is 0 Å². The Morgan fingerprint density at radius 3 is 2.40 bits per heavy atom. The number of fused-ring (bicyclic) bond motifs is 2. The van der Waals surface area contributed by atoms with Gasteiger partial charge in [0.1, 0.15) is 0 Å². The van der Waals surface area contributed by atoms with Gasteiger partial charge in [0.2, 0.25) is 0 Å². The van der Waals surface area contributed by atoms with Crippen molar-refractivity contribution in [3.8, 4) is 0 Å². The smallest absolute Gasteiger partial charge is 0.257 e. The Morgan fingerprint density at radius 2 is 1.73 bits per heavy atom. The van der Waals surface area contributed by atoms with E-state index in [0.717, 1.165) is 25.8 Å². The molecule has 0 radical (unpaired) electrons. The number of rotatable bonds is 3. The highest BCUT2D eigenvalue weighted by molar-refractivity contribution is 6.37. The van der Waals surface area contributed by atoms with Crippen LogP contribution in [0.5, 0.6) is 0 Å². The van der Waals surface area contributed by atoms with Gasteiger partial charge in [-0.25, -0.2) is 0 Å². The number of nitrogens with one attached hydrogen (secondary N) is 1. The first kappa shape index (κ1) is 21.2. The summed E-state index contributed by atoms with van der Waals surface area (Å²) in [6, 6.07) is 12.1. The largest absolute Gasteiger partial charge is 0.335 e. The van der Waals surface area contributed by atoms with Crippen LogP contribution >= 0.6 is 23.2 Å². The number of nitrogens with zero attached hydrogens (tertiary/aromatic N) is 1. The lowest BCUT2D eigenvalue weighted by molar-refractivity contribution is 0.0708. The van der Waals surface area contributed by atoms with Crippen LogP contribution in [-0.2, 0) is 0 Å². The summed E-state index contributed by atoms with van der Waals surface area (Å²) in [6.45, 7) is 7.72. The van der Waals surface area contributed by atoms with Crippen LogP contribution in [-0.4, -0.2) is 29.3 Å². The number of amides is 2. The topological polar surface area (TPSA) is 49.4 Å². The zero-order valence-corrected chi connectivity index (χ0v) is 19.0. The fourth-order valence-corrected chi connectivity index (χ4v) is 5.93. The van der Waals surface area contributed by atoms with Crippen LogP contribution in [0, 0.1) is 10.8 Å². The van der Waals surface area contributed by atoms with Crippen LogP contribution < -0.4 is 5.32 Å². The second-order valence-electron chi connectivity index (χ2n) is 9.80. The molecule has 158 valence electrons. The number of halogens is 2. The minimum atomic E-state index is -0.320. The van der Waals surface area contributed by atoms with Gasteiger partial charge >= 0.3 is 0 Å². The van der Waals surface area contributed by atoms with Crippen LogP contribution in [0.1, 0.15) is 60.7 Å². The van der Waals surface area contributed by atoms with Crippen molar-refractivity contribution in [3.63, 3.8) is 0 Å². The van der Waals surface area contributed by atoms with Gasteiger partial charge in [0.05, 0.1) is 10.6 Å². The van der Waals surface area contributed by atoms with E-state index in [0.29, 0.717) is 32.9 Å². The molecule has 1 saturated heterocycles. The maximum absolute atomic E-state index is 13.2. The second-order valence-corrected chi connectivity index (χ2v) is 10.6. The summed E-state index contributed by atoms with van der Waals surface area (Å²) < 4.78 is 0. The zero-order valence-electron chi connectivity index (χ0n) is 17.5. The number of carbonyl (C=O) groups excluding carboxylic acids is 2. The molecule has 1 N–H and O–H groups in total. The Morgan fingerprint density at radius 1 is 1.03 bits per heavy atom. The molecule has 0 aromatic heterocycles. The molecule has 4 rings (SSSR count). The highest BCUT2D eigenvalue weighted by Crippen LogP contribution is 2.52. The molecule has 2 aromatic rings. The first-order chi connectivity index (χ1) is 14.1. The van der Waals surface area contributed by atoms with Gasteiger partial charge in [-0.15, -0.1) is 0 Å². The van der Waals surface area contributed by atoms with E-state index in [-0.39, 0.29) is 22.6 Å². The summed E-state index contributed by atoms with van der Waals surface area (Å²) in [5.74, 6) is -0.251. The maximum atomic E-state index is 13.2. The van der Waals surface area contributed by atoms with E-state index in [2.05, 4.69) is 31.0 Å². The van der Waals surface area contributed by atoms with Gasteiger partial charge in [-0.3, -0.25) is 9.59 Å². The first-order valence-electron chi connectivity index (χ1n) is 10.2. The van der Waals surface area contributed by atoms with Crippen LogP contribution in [0.25, 0.3) is 0 Å². The van der Waals surface area contributed by atoms with Crippen LogP contribution in [0.2, 0.25) is 10.0 Å². The molecule has 0 spiro atoms. The van der Waals surface area contributed by atoms with Crippen molar-refractivity contribution < 1.29 is 9.59 Å². The second kappa shape index (κ2) is 7.58. The van der Waals surface area contributed by atoms with Crippen LogP contribution in [0.15, 0.2) is 42.5 Å². The van der Waals surface area contributed by atoms with Crippen molar-refractivity contribution in [2.75, 3.05) is 11.9 Å². The van der Waals surface area contributed by atoms with Gasteiger partial charge in [0, 0.05) is 28.9 Å². The lowest BCUT2D eigenvalue weighted by Crippen LogP contribution is -2.37. The molecule has 2 bridgehead atoms. The lowest BCUT2D eigenvalue weighted by Gasteiger charge is -2.39. The fraction of sp³-hybridized carbons (Fsp3) is 0.417. The number of benzene rings is 2. The highest BCUT2D eigenvalue weighted by atomic mass is 35.5. The number of anilines is 1. The first-order valence-corrected chi connectivity index (χ1v) is 11.0. The number of carbonyl (C=O) groups is 2. The molecular formula is C24H26Cl2N2O2. The SMILES string of the molecule is CC1(C)CC2CC(C)(CN2C(=O)c2ccc(NC(=O)c3ccc(Cl)cc3Cl)cc2)C1. The standard InChI is InChI=1S/C24H26Cl2N2O2/c1-23(2)11-18-12-24(3,13-23)14-28(18)22(30)15-4-7-17(8-5-15)27-21(29)19-9-6-16(25)10-20(19)26/h4-10,18H,11-14H2,1-3H3,(H,27,29). The van der Waals surface area contributed by atoms with Crippen molar-refractivity contribution in [2.24, 2.45) is 10.8 Å². The monoisotopic (exact) mass is 444 g/mol. The Hall–Kier alpha value is -2.04. The zero-order chi connectivity index (χ0) is 21.7. The minimum Gasteiger partial charge on any atom is -0.335 e. The summed E-state index contributed by atoms with van der Waals surface area (Å²) in [6.07, 6.45) is 3.28. The highest BCUT2D eigenvalue weighted by Gasteiger charge is 2.50. The molecule has 4 nitrogen and oxygen atoms in total. The average Bonchev–Trinajstić information content (AvgIpc) is 2.90. The van der Waals surface area contributed by atoms with Crippen molar-refractivity contribution in [3.05, 3.63) is 63.6 Å². The van der Waals surface area contributed by atoms with E-state index in [9.17, 15) is 9.59 Å². The van der Waals surface area contributed by atoms with E-state index in [4.69, 9.17) is 23.2 Å². The quantitative estimate of drug-likeness (QED) is 0.604. The molecular weight excluding hydrogens is 419 g/mol. The van der Waals surface area contributed by atoms with Gasteiger partial charge in [0.15, 0.2) is 0 Å². The minimum absolute atomic E-state index is 0.0695. The summed E-state index contributed by atoms with van der Waals surface area (Å²) >= 11 is 12.0. The van der Waals surface area contributed by atoms with Gasteiger partial charge in [-0.05, 0) is 72.6 Å². The number of likely N-dealkylation sites (tertiary alicyclic amines) is 1. The third-order valence-electron chi connectivity index (χ3n) is 6.24. The third kappa shape index (κ3) is 4.21. The molecule has 6 heteroatoms. The summed E-state index contributed by atoms with van der Waals surface area (Å²) in [4.78, 5) is 27.7. The van der Waals surface area contributed by atoms with Crippen molar-refractivity contribution in [1.29, 1.82) is 0 Å². The van der Waals surface area contributed by atoms with Crippen molar-refractivity contribution in [2.45, 2.75) is 46.1 Å². The Bertz CT molecular complexity index is 1000. The molecule has 1 heterocycles. The van der Waals surface area contributed by atoms with Gasteiger partial charge in [-0.1, -0.05) is 44.0 Å². The fourth-order valence-electron chi connectivity index (χ4n) is 5.43. The van der Waals surface area contributed by atoms with E-state index in [1.54, 1.807) is 36.4 Å². The number of hydrogen-bond acceptors (Lipinski definition) is 2. The molecule has 2 amide bonds. The summed E-state index contributed by atoms with van der Waals surface area (Å²) in [5.41, 5.74) is 2.07. The molecule has 2 atom stereocenters. The normalized spacial score (nSPS) is 24.6. The number of hydrogen-bond donors (Lipinski definition) is 1. The maximum Gasteiger partial charge on any atom is 0.257 e. The van der Waals surface area contributed by atoms with Gasteiger partial charge < -0.3 is 10.2 Å². The Kier molecular flexibility index (Phi) is 5.36. The Balaban J connectivity index is 1.46. The van der Waals surface area contributed by atoms with Crippen molar-refractivity contribution >= 4 is 40.7 Å². The molecule has 30 heavy (non-hydrogen) atoms. The van der Waals surface area contributed by atoms with Gasteiger partial charge in [-0.2, -0.15) is 0 Å². The summed E-state index contributed by atoms with van der Waals surface area (Å²) in [5, 5.41) is 3.59. The third-order valence-corrected chi connectivity index (χ3v) is 6.79. The molecule has 1 aliphatic heterocycles. The molecule has 1 saturated carbocycles. The van der Waals surface area contributed by atoms with E-state index in [1.165, 1.54) is 6.07 Å².